The first-order valence-corrected chi connectivity index (χ1v) is 11.9. The second kappa shape index (κ2) is 12.4. The number of carbonyl (C=O) groups is 2. The molecule has 2 aromatic rings. The number of hydrogen-bond donors (Lipinski definition) is 1. The van der Waals surface area contributed by atoms with E-state index in [1.165, 1.54) is 11.1 Å². The van der Waals surface area contributed by atoms with Crippen LogP contribution in [0.1, 0.15) is 48.9 Å². The van der Waals surface area contributed by atoms with E-state index in [-0.39, 0.29) is 11.8 Å². The van der Waals surface area contributed by atoms with Gasteiger partial charge in [0.25, 0.3) is 0 Å². The predicted octanol–water partition coefficient (Wildman–Crippen LogP) is 4.87. The number of nitrogens with one attached hydrogen (secondary N) is 1. The van der Waals surface area contributed by atoms with E-state index in [1.807, 2.05) is 57.2 Å². The molecule has 5 heteroatoms. The van der Waals surface area contributed by atoms with Gasteiger partial charge < -0.3 is 10.2 Å². The van der Waals surface area contributed by atoms with Crippen molar-refractivity contribution in [2.45, 2.75) is 58.9 Å². The fourth-order valence-electron chi connectivity index (χ4n) is 3.36. The molecule has 1 N–H and O–H groups in total. The van der Waals surface area contributed by atoms with Gasteiger partial charge in [0.1, 0.15) is 6.04 Å². The third-order valence-corrected chi connectivity index (χ3v) is 6.25. The Balaban J connectivity index is 2.14. The number of benzene rings is 2. The summed E-state index contributed by atoms with van der Waals surface area (Å²) < 4.78 is 0. The second-order valence-electron chi connectivity index (χ2n) is 7.58. The highest BCUT2D eigenvalue weighted by atomic mass is 32.2. The summed E-state index contributed by atoms with van der Waals surface area (Å²) in [6, 6.07) is 15.8. The highest BCUT2D eigenvalue weighted by Crippen LogP contribution is 2.20. The van der Waals surface area contributed by atoms with Gasteiger partial charge in [-0.2, -0.15) is 0 Å². The maximum atomic E-state index is 13.2. The lowest BCUT2D eigenvalue weighted by Gasteiger charge is -2.31. The van der Waals surface area contributed by atoms with Gasteiger partial charge in [0.05, 0.1) is 5.75 Å². The zero-order chi connectivity index (χ0) is 21.9. The molecular formula is C25H34N2O2S. The van der Waals surface area contributed by atoms with E-state index in [4.69, 9.17) is 0 Å². The van der Waals surface area contributed by atoms with Crippen molar-refractivity contribution in [1.29, 1.82) is 0 Å². The van der Waals surface area contributed by atoms with E-state index in [2.05, 4.69) is 24.4 Å². The van der Waals surface area contributed by atoms with E-state index in [9.17, 15) is 9.59 Å². The number of rotatable bonds is 11. The van der Waals surface area contributed by atoms with E-state index in [0.29, 0.717) is 25.3 Å². The van der Waals surface area contributed by atoms with Crippen LogP contribution in [0, 0.1) is 13.8 Å². The number of amides is 2. The molecule has 0 saturated carbocycles. The van der Waals surface area contributed by atoms with Crippen LogP contribution in [0.25, 0.3) is 0 Å². The summed E-state index contributed by atoms with van der Waals surface area (Å²) in [6.45, 7) is 9.21. The maximum Gasteiger partial charge on any atom is 0.242 e. The average Bonchev–Trinajstić information content (AvgIpc) is 2.74. The van der Waals surface area contributed by atoms with Crippen LogP contribution in [0.3, 0.4) is 0 Å². The first kappa shape index (κ1) is 24.0. The van der Waals surface area contributed by atoms with E-state index in [1.54, 1.807) is 16.7 Å². The maximum absolute atomic E-state index is 13.2. The van der Waals surface area contributed by atoms with Crippen molar-refractivity contribution in [2.24, 2.45) is 0 Å². The van der Waals surface area contributed by atoms with Crippen molar-refractivity contribution in [1.82, 2.24) is 10.2 Å². The molecule has 0 fully saturated rings. The van der Waals surface area contributed by atoms with Gasteiger partial charge in [0, 0.05) is 18.8 Å². The molecule has 162 valence electrons. The molecule has 0 radical (unpaired) electrons. The summed E-state index contributed by atoms with van der Waals surface area (Å²) in [6.07, 6.45) is 1.47. The van der Waals surface area contributed by atoms with Crippen molar-refractivity contribution in [3.05, 3.63) is 70.8 Å². The smallest absolute Gasteiger partial charge is 0.242 e. The Hall–Kier alpha value is -2.27. The Morgan fingerprint density at radius 1 is 0.967 bits per heavy atom. The van der Waals surface area contributed by atoms with Crippen LogP contribution in [0.5, 0.6) is 0 Å². The third-order valence-electron chi connectivity index (χ3n) is 5.28. The van der Waals surface area contributed by atoms with Gasteiger partial charge >= 0.3 is 0 Å². The zero-order valence-electron chi connectivity index (χ0n) is 18.6. The van der Waals surface area contributed by atoms with Gasteiger partial charge in [-0.1, -0.05) is 62.4 Å². The molecule has 0 spiro atoms. The number of thioether (sulfide) groups is 1. The Morgan fingerprint density at radius 2 is 1.57 bits per heavy atom. The largest absolute Gasteiger partial charge is 0.354 e. The summed E-state index contributed by atoms with van der Waals surface area (Å²) in [5.74, 6) is 1.09. The highest BCUT2D eigenvalue weighted by molar-refractivity contribution is 7.99. The standard InChI is InChI=1S/C25H34N2O2S/c1-5-15-26-25(29)23(6-2)27(16-21-13-9-7-11-19(21)3)24(28)18-30-17-22-14-10-8-12-20(22)4/h7-14,23H,5-6,15-18H2,1-4H3,(H,26,29)/t23-/m0/s1. The van der Waals surface area contributed by atoms with Crippen molar-refractivity contribution in [3.63, 3.8) is 0 Å². The van der Waals surface area contributed by atoms with Crippen LogP contribution in [-0.4, -0.2) is 35.1 Å². The molecule has 2 amide bonds. The Bertz CT molecular complexity index is 837. The zero-order valence-corrected chi connectivity index (χ0v) is 19.4. The topological polar surface area (TPSA) is 49.4 Å². The quantitative estimate of drug-likeness (QED) is 0.558. The van der Waals surface area contributed by atoms with Crippen LogP contribution in [-0.2, 0) is 21.9 Å². The van der Waals surface area contributed by atoms with E-state index < -0.39 is 6.04 Å². The van der Waals surface area contributed by atoms with Gasteiger partial charge in [-0.05, 0) is 48.9 Å². The van der Waals surface area contributed by atoms with Crippen LogP contribution in [0.2, 0.25) is 0 Å². The molecule has 4 nitrogen and oxygen atoms in total. The van der Waals surface area contributed by atoms with E-state index in [0.717, 1.165) is 23.3 Å². The van der Waals surface area contributed by atoms with Crippen molar-refractivity contribution >= 4 is 23.6 Å². The van der Waals surface area contributed by atoms with Crippen molar-refractivity contribution in [2.75, 3.05) is 12.3 Å². The average molecular weight is 427 g/mol. The molecule has 1 atom stereocenters. The van der Waals surface area contributed by atoms with Gasteiger partial charge in [0.2, 0.25) is 11.8 Å². The molecule has 0 aliphatic heterocycles. The SMILES string of the molecule is CCCNC(=O)[C@H](CC)N(Cc1ccccc1C)C(=O)CSCc1ccccc1C. The van der Waals surface area contributed by atoms with Gasteiger partial charge in [0.15, 0.2) is 0 Å². The Morgan fingerprint density at radius 3 is 2.13 bits per heavy atom. The molecule has 30 heavy (non-hydrogen) atoms. The van der Waals surface area contributed by atoms with Crippen LogP contribution in [0.4, 0.5) is 0 Å². The fourth-order valence-corrected chi connectivity index (χ4v) is 4.35. The molecule has 0 unspecified atom stereocenters. The normalized spacial score (nSPS) is 11.7. The van der Waals surface area contributed by atoms with E-state index >= 15 is 0 Å². The lowest BCUT2D eigenvalue weighted by atomic mass is 10.1. The first-order valence-electron chi connectivity index (χ1n) is 10.7. The lowest BCUT2D eigenvalue weighted by molar-refractivity contribution is -0.139. The number of carbonyl (C=O) groups excluding carboxylic acids is 2. The van der Waals surface area contributed by atoms with Gasteiger partial charge in [-0.15, -0.1) is 11.8 Å². The minimum absolute atomic E-state index is 0.00957. The minimum Gasteiger partial charge on any atom is -0.354 e. The van der Waals surface area contributed by atoms with Crippen molar-refractivity contribution < 1.29 is 9.59 Å². The predicted molar refractivity (Wildman–Crippen MR) is 126 cm³/mol. The fraction of sp³-hybridized carbons (Fsp3) is 0.440. The van der Waals surface area contributed by atoms with Gasteiger partial charge in [-0.3, -0.25) is 9.59 Å². The Labute approximate surface area is 185 Å². The van der Waals surface area contributed by atoms with Crippen LogP contribution in [0.15, 0.2) is 48.5 Å². The molecule has 0 saturated heterocycles. The number of hydrogen-bond acceptors (Lipinski definition) is 3. The molecule has 2 aromatic carbocycles. The minimum atomic E-state index is -0.456. The molecule has 0 bridgehead atoms. The highest BCUT2D eigenvalue weighted by Gasteiger charge is 2.28. The van der Waals surface area contributed by atoms with Gasteiger partial charge in [-0.25, -0.2) is 0 Å². The second-order valence-corrected chi connectivity index (χ2v) is 8.57. The first-order chi connectivity index (χ1) is 14.5. The van der Waals surface area contributed by atoms with Crippen LogP contribution < -0.4 is 5.32 Å². The molecule has 0 aliphatic rings. The molecule has 0 aliphatic carbocycles. The van der Waals surface area contributed by atoms with Crippen molar-refractivity contribution in [3.8, 4) is 0 Å². The Kier molecular flexibility index (Phi) is 9.95. The molecule has 0 heterocycles. The lowest BCUT2D eigenvalue weighted by Crippen LogP contribution is -2.49. The molecular weight excluding hydrogens is 392 g/mol. The summed E-state index contributed by atoms with van der Waals surface area (Å²) in [4.78, 5) is 27.8. The molecule has 0 aromatic heterocycles. The van der Waals surface area contributed by atoms with Crippen LogP contribution >= 0.6 is 11.8 Å². The molecule has 2 rings (SSSR count). The number of aryl methyl sites for hydroxylation is 2. The summed E-state index contributed by atoms with van der Waals surface area (Å²) >= 11 is 1.61. The third kappa shape index (κ3) is 6.91. The summed E-state index contributed by atoms with van der Waals surface area (Å²) in [7, 11) is 0. The monoisotopic (exact) mass is 426 g/mol. The summed E-state index contributed by atoms with van der Waals surface area (Å²) in [5, 5.41) is 2.97. The number of nitrogens with zero attached hydrogens (tertiary/aromatic N) is 1. The summed E-state index contributed by atoms with van der Waals surface area (Å²) in [5.41, 5.74) is 4.69.